The maximum atomic E-state index is 13.1. The number of rotatable bonds is 6. The molecule has 2 saturated carbocycles. The van der Waals surface area contributed by atoms with Crippen LogP contribution in [0.15, 0.2) is 52.9 Å². The van der Waals surface area contributed by atoms with Gasteiger partial charge in [-0.25, -0.2) is 4.98 Å². The molecule has 2 fully saturated rings. The summed E-state index contributed by atoms with van der Waals surface area (Å²) in [6, 6.07) is 15.3. The van der Waals surface area contributed by atoms with Crippen molar-refractivity contribution in [3.63, 3.8) is 0 Å². The summed E-state index contributed by atoms with van der Waals surface area (Å²) in [6.07, 6.45) is 7.70. The first-order valence-electron chi connectivity index (χ1n) is 11.9. The highest BCUT2D eigenvalue weighted by Crippen LogP contribution is 2.43. The zero-order chi connectivity index (χ0) is 22.8. The normalized spacial score (nSPS) is 16.4. The average Bonchev–Trinajstić information content (AvgIpc) is 3.59. The number of carbonyl (C=O) groups is 2. The standard InChI is InChI=1S/C27H29N3O3/c1-17-16-20(25(31)28-21-10-6-3-7-11-21)14-15-22(17)29-26(32)23-24(18-12-13-18)33-27(30-23)19-8-4-2-5-9-19/h2,4-5,8-9,14-16,18,21H,3,6-7,10-13H2,1H3,(H,28,31)(H,29,32). The highest BCUT2D eigenvalue weighted by Gasteiger charge is 2.34. The molecule has 2 N–H and O–H groups in total. The summed E-state index contributed by atoms with van der Waals surface area (Å²) in [5.41, 5.74) is 3.31. The summed E-state index contributed by atoms with van der Waals surface area (Å²) >= 11 is 0. The summed E-state index contributed by atoms with van der Waals surface area (Å²) in [4.78, 5) is 30.3. The fourth-order valence-electron chi connectivity index (χ4n) is 4.46. The van der Waals surface area contributed by atoms with Crippen LogP contribution in [0.25, 0.3) is 11.5 Å². The number of nitrogens with zero attached hydrogens (tertiary/aromatic N) is 1. The second-order valence-corrected chi connectivity index (χ2v) is 9.16. The Balaban J connectivity index is 1.32. The van der Waals surface area contributed by atoms with Gasteiger partial charge in [0, 0.05) is 28.8 Å². The minimum atomic E-state index is -0.287. The van der Waals surface area contributed by atoms with Gasteiger partial charge in [-0.15, -0.1) is 0 Å². The first-order valence-corrected chi connectivity index (χ1v) is 11.9. The molecular weight excluding hydrogens is 414 g/mol. The van der Waals surface area contributed by atoms with Gasteiger partial charge in [0.25, 0.3) is 11.8 Å². The summed E-state index contributed by atoms with van der Waals surface area (Å²) in [6.45, 7) is 1.90. The van der Waals surface area contributed by atoms with Crippen LogP contribution in [-0.4, -0.2) is 22.8 Å². The van der Waals surface area contributed by atoms with E-state index in [9.17, 15) is 9.59 Å². The third-order valence-electron chi connectivity index (χ3n) is 6.51. The van der Waals surface area contributed by atoms with Gasteiger partial charge in [-0.1, -0.05) is 37.5 Å². The number of aromatic nitrogens is 1. The molecule has 170 valence electrons. The smallest absolute Gasteiger partial charge is 0.277 e. The van der Waals surface area contributed by atoms with Gasteiger partial charge >= 0.3 is 0 Å². The lowest BCUT2D eigenvalue weighted by Crippen LogP contribution is -2.36. The van der Waals surface area contributed by atoms with E-state index < -0.39 is 0 Å². The average molecular weight is 444 g/mol. The Morgan fingerprint density at radius 1 is 0.939 bits per heavy atom. The Morgan fingerprint density at radius 2 is 1.70 bits per heavy atom. The zero-order valence-corrected chi connectivity index (χ0v) is 18.9. The van der Waals surface area contributed by atoms with Crippen LogP contribution in [0.3, 0.4) is 0 Å². The van der Waals surface area contributed by atoms with Crippen molar-refractivity contribution in [2.24, 2.45) is 0 Å². The summed E-state index contributed by atoms with van der Waals surface area (Å²) in [5, 5.41) is 6.11. The number of oxazole rings is 1. The number of carbonyl (C=O) groups excluding carboxylic acids is 2. The van der Waals surface area contributed by atoms with Crippen LogP contribution in [0.2, 0.25) is 0 Å². The number of anilines is 1. The molecule has 0 saturated heterocycles. The van der Waals surface area contributed by atoms with Gasteiger partial charge < -0.3 is 15.1 Å². The lowest BCUT2D eigenvalue weighted by atomic mass is 9.95. The molecule has 33 heavy (non-hydrogen) atoms. The van der Waals surface area contributed by atoms with Crippen molar-refractivity contribution in [2.45, 2.75) is 63.8 Å². The minimum absolute atomic E-state index is 0.0529. The highest BCUT2D eigenvalue weighted by atomic mass is 16.4. The molecule has 1 heterocycles. The van der Waals surface area contributed by atoms with Crippen LogP contribution >= 0.6 is 0 Å². The lowest BCUT2D eigenvalue weighted by molar-refractivity contribution is 0.0927. The Morgan fingerprint density at radius 3 is 2.39 bits per heavy atom. The van der Waals surface area contributed by atoms with Gasteiger partial charge in [-0.3, -0.25) is 9.59 Å². The van der Waals surface area contributed by atoms with E-state index in [-0.39, 0.29) is 23.8 Å². The lowest BCUT2D eigenvalue weighted by Gasteiger charge is -2.23. The van der Waals surface area contributed by atoms with E-state index in [1.54, 1.807) is 12.1 Å². The first-order chi connectivity index (χ1) is 16.1. The number of amides is 2. The quantitative estimate of drug-likeness (QED) is 0.501. The molecule has 3 aromatic rings. The Hall–Kier alpha value is -3.41. The molecule has 0 bridgehead atoms. The van der Waals surface area contributed by atoms with Gasteiger partial charge in [0.15, 0.2) is 5.69 Å². The summed E-state index contributed by atoms with van der Waals surface area (Å²) < 4.78 is 6.01. The van der Waals surface area contributed by atoms with Gasteiger partial charge in [-0.2, -0.15) is 0 Å². The van der Waals surface area contributed by atoms with Crippen molar-refractivity contribution in [2.75, 3.05) is 5.32 Å². The molecule has 0 atom stereocenters. The van der Waals surface area contributed by atoms with Crippen LogP contribution in [0.4, 0.5) is 5.69 Å². The van der Waals surface area contributed by atoms with Gasteiger partial charge in [0.1, 0.15) is 5.76 Å². The zero-order valence-electron chi connectivity index (χ0n) is 18.9. The van der Waals surface area contributed by atoms with Crippen molar-refractivity contribution in [1.29, 1.82) is 0 Å². The molecule has 6 nitrogen and oxygen atoms in total. The predicted octanol–water partition coefficient (Wildman–Crippen LogP) is 5.84. The predicted molar refractivity (Wildman–Crippen MR) is 127 cm³/mol. The number of hydrogen-bond donors (Lipinski definition) is 2. The fourth-order valence-corrected chi connectivity index (χ4v) is 4.46. The summed E-state index contributed by atoms with van der Waals surface area (Å²) in [5.74, 6) is 1.04. The van der Waals surface area contributed by atoms with E-state index in [4.69, 9.17) is 4.42 Å². The topological polar surface area (TPSA) is 84.2 Å². The van der Waals surface area contributed by atoms with E-state index in [1.165, 1.54) is 19.3 Å². The molecule has 0 radical (unpaired) electrons. The van der Waals surface area contributed by atoms with E-state index in [1.807, 2.05) is 43.3 Å². The van der Waals surface area contributed by atoms with Crippen LogP contribution in [-0.2, 0) is 0 Å². The Labute approximate surface area is 193 Å². The molecular formula is C27H29N3O3. The Kier molecular flexibility index (Phi) is 5.99. The minimum Gasteiger partial charge on any atom is -0.440 e. The van der Waals surface area contributed by atoms with Crippen molar-refractivity contribution in [3.8, 4) is 11.5 Å². The monoisotopic (exact) mass is 443 g/mol. The third-order valence-corrected chi connectivity index (χ3v) is 6.51. The second kappa shape index (κ2) is 9.22. The summed E-state index contributed by atoms with van der Waals surface area (Å²) in [7, 11) is 0. The number of aryl methyl sites for hydroxylation is 1. The van der Waals surface area contributed by atoms with Crippen molar-refractivity contribution < 1.29 is 14.0 Å². The molecule has 2 amide bonds. The molecule has 1 aromatic heterocycles. The molecule has 6 heteroatoms. The number of hydrogen-bond acceptors (Lipinski definition) is 4. The van der Waals surface area contributed by atoms with Crippen LogP contribution < -0.4 is 10.6 Å². The molecule has 2 aliphatic carbocycles. The fraction of sp³-hybridized carbons (Fsp3) is 0.370. The van der Waals surface area contributed by atoms with Crippen LogP contribution in [0.5, 0.6) is 0 Å². The van der Waals surface area contributed by atoms with E-state index in [0.717, 1.165) is 36.8 Å². The SMILES string of the molecule is Cc1cc(C(=O)NC2CCCCC2)ccc1NC(=O)c1nc(-c2ccccc2)oc1C1CC1. The molecule has 0 unspecified atom stereocenters. The molecule has 0 spiro atoms. The van der Waals surface area contributed by atoms with Crippen molar-refractivity contribution in [1.82, 2.24) is 10.3 Å². The highest BCUT2D eigenvalue weighted by molar-refractivity contribution is 6.05. The second-order valence-electron chi connectivity index (χ2n) is 9.16. The molecule has 2 aromatic carbocycles. The van der Waals surface area contributed by atoms with Crippen molar-refractivity contribution >= 4 is 17.5 Å². The third kappa shape index (κ3) is 4.85. The van der Waals surface area contributed by atoms with Crippen molar-refractivity contribution in [3.05, 3.63) is 71.1 Å². The van der Waals surface area contributed by atoms with Gasteiger partial charge in [0.05, 0.1) is 0 Å². The molecule has 0 aliphatic heterocycles. The number of benzene rings is 2. The van der Waals surface area contributed by atoms with E-state index in [0.29, 0.717) is 28.6 Å². The van der Waals surface area contributed by atoms with Gasteiger partial charge in [-0.05, 0) is 68.5 Å². The largest absolute Gasteiger partial charge is 0.440 e. The molecule has 5 rings (SSSR count). The Bertz CT molecular complexity index is 1160. The van der Waals surface area contributed by atoms with E-state index in [2.05, 4.69) is 15.6 Å². The first kappa shape index (κ1) is 21.4. The van der Waals surface area contributed by atoms with E-state index >= 15 is 0 Å². The maximum absolute atomic E-state index is 13.1. The van der Waals surface area contributed by atoms with Crippen LogP contribution in [0, 0.1) is 6.92 Å². The number of nitrogens with one attached hydrogen (secondary N) is 2. The molecule has 2 aliphatic rings. The van der Waals surface area contributed by atoms with Crippen LogP contribution in [0.1, 0.15) is 83.0 Å². The van der Waals surface area contributed by atoms with Gasteiger partial charge in [0.2, 0.25) is 5.89 Å². The maximum Gasteiger partial charge on any atom is 0.277 e.